The number of nitrogens with one attached hydrogen (secondary N) is 1. The molecule has 0 spiro atoms. The van der Waals surface area contributed by atoms with Gasteiger partial charge in [0.2, 0.25) is 0 Å². The van der Waals surface area contributed by atoms with Gasteiger partial charge in [-0.3, -0.25) is 9.36 Å². The number of halogens is 1. The van der Waals surface area contributed by atoms with Crippen LogP contribution in [0.1, 0.15) is 25.2 Å². The van der Waals surface area contributed by atoms with Crippen molar-refractivity contribution in [3.05, 3.63) is 28.8 Å². The first-order chi connectivity index (χ1) is 8.65. The van der Waals surface area contributed by atoms with Crippen LogP contribution in [0.25, 0.3) is 0 Å². The zero-order valence-electron chi connectivity index (χ0n) is 10.9. The van der Waals surface area contributed by atoms with Gasteiger partial charge in [-0.2, -0.15) is 10.2 Å². The van der Waals surface area contributed by atoms with E-state index in [1.54, 1.807) is 10.9 Å². The average Bonchev–Trinajstić information content (AvgIpc) is 2.91. The van der Waals surface area contributed by atoms with Crippen molar-refractivity contribution in [2.75, 3.05) is 5.32 Å². The Morgan fingerprint density at radius 2 is 2.17 bits per heavy atom. The van der Waals surface area contributed by atoms with E-state index in [-0.39, 0.29) is 0 Å². The number of anilines is 1. The van der Waals surface area contributed by atoms with Gasteiger partial charge in [0.1, 0.15) is 0 Å². The molecule has 1 N–H and O–H groups in total. The standard InChI is InChI=1S/C12H18ClN5/c1-4-10-12(13)11(18(5-2)16-10)7-14-9-6-15-17(3)8-9/h6,8,14H,4-5,7H2,1-3H3. The maximum absolute atomic E-state index is 6.34. The lowest BCUT2D eigenvalue weighted by atomic mass is 10.3. The minimum absolute atomic E-state index is 0.658. The van der Waals surface area contributed by atoms with Gasteiger partial charge in [-0.25, -0.2) is 0 Å². The molecule has 0 aliphatic carbocycles. The van der Waals surface area contributed by atoms with Crippen LogP contribution >= 0.6 is 11.6 Å². The second-order valence-electron chi connectivity index (χ2n) is 4.13. The van der Waals surface area contributed by atoms with Crippen molar-refractivity contribution >= 4 is 17.3 Å². The van der Waals surface area contributed by atoms with Crippen molar-refractivity contribution in [1.82, 2.24) is 19.6 Å². The number of hydrogen-bond donors (Lipinski definition) is 1. The van der Waals surface area contributed by atoms with Crippen LogP contribution in [0.15, 0.2) is 12.4 Å². The van der Waals surface area contributed by atoms with Gasteiger partial charge in [-0.05, 0) is 13.3 Å². The normalized spacial score (nSPS) is 10.9. The van der Waals surface area contributed by atoms with Crippen molar-refractivity contribution in [1.29, 1.82) is 0 Å². The van der Waals surface area contributed by atoms with Gasteiger partial charge in [-0.1, -0.05) is 18.5 Å². The molecule has 2 rings (SSSR count). The minimum atomic E-state index is 0.658. The molecule has 0 aliphatic heterocycles. The summed E-state index contributed by atoms with van der Waals surface area (Å²) in [5.41, 5.74) is 2.97. The molecule has 6 heteroatoms. The molecule has 0 unspecified atom stereocenters. The maximum atomic E-state index is 6.34. The number of aromatic nitrogens is 4. The number of rotatable bonds is 5. The van der Waals surface area contributed by atoms with Gasteiger partial charge in [-0.15, -0.1) is 0 Å². The molecule has 0 fully saturated rings. The lowest BCUT2D eigenvalue weighted by Gasteiger charge is -2.06. The Kier molecular flexibility index (Phi) is 3.91. The monoisotopic (exact) mass is 267 g/mol. The fourth-order valence-electron chi connectivity index (χ4n) is 1.88. The first kappa shape index (κ1) is 13.0. The predicted octanol–water partition coefficient (Wildman–Crippen LogP) is 2.46. The fourth-order valence-corrected chi connectivity index (χ4v) is 2.22. The van der Waals surface area contributed by atoms with Gasteiger partial charge in [0, 0.05) is 19.8 Å². The van der Waals surface area contributed by atoms with Crippen molar-refractivity contribution < 1.29 is 0 Å². The van der Waals surface area contributed by atoms with Crippen LogP contribution in [0.4, 0.5) is 5.69 Å². The average molecular weight is 268 g/mol. The van der Waals surface area contributed by atoms with Gasteiger partial charge in [0.05, 0.1) is 34.8 Å². The summed E-state index contributed by atoms with van der Waals surface area (Å²) in [7, 11) is 1.89. The van der Waals surface area contributed by atoms with E-state index in [4.69, 9.17) is 11.6 Å². The van der Waals surface area contributed by atoms with Crippen LogP contribution in [0.5, 0.6) is 0 Å². The molecule has 98 valence electrons. The number of nitrogens with zero attached hydrogens (tertiary/aromatic N) is 4. The summed E-state index contributed by atoms with van der Waals surface area (Å²) < 4.78 is 3.71. The van der Waals surface area contributed by atoms with E-state index in [0.29, 0.717) is 6.54 Å². The van der Waals surface area contributed by atoms with Gasteiger partial charge >= 0.3 is 0 Å². The molecule has 2 aromatic rings. The predicted molar refractivity (Wildman–Crippen MR) is 72.8 cm³/mol. The molecule has 0 saturated carbocycles. The minimum Gasteiger partial charge on any atom is -0.377 e. The Morgan fingerprint density at radius 1 is 1.39 bits per heavy atom. The van der Waals surface area contributed by atoms with E-state index in [0.717, 1.165) is 35.1 Å². The van der Waals surface area contributed by atoms with Crippen LogP contribution in [-0.4, -0.2) is 19.6 Å². The third-order valence-electron chi connectivity index (χ3n) is 2.86. The van der Waals surface area contributed by atoms with Crippen LogP contribution in [0, 0.1) is 0 Å². The first-order valence-corrected chi connectivity index (χ1v) is 6.50. The van der Waals surface area contributed by atoms with E-state index in [1.165, 1.54) is 0 Å². The van der Waals surface area contributed by atoms with E-state index in [9.17, 15) is 0 Å². The molecule has 18 heavy (non-hydrogen) atoms. The van der Waals surface area contributed by atoms with Crippen LogP contribution in [-0.2, 0) is 26.6 Å². The first-order valence-electron chi connectivity index (χ1n) is 6.12. The van der Waals surface area contributed by atoms with Crippen molar-refractivity contribution in [2.45, 2.75) is 33.4 Å². The summed E-state index contributed by atoms with van der Waals surface area (Å²) >= 11 is 6.34. The van der Waals surface area contributed by atoms with Crippen molar-refractivity contribution in [2.24, 2.45) is 7.05 Å². The quantitative estimate of drug-likeness (QED) is 0.905. The molecule has 0 saturated heterocycles. The SMILES string of the molecule is CCc1nn(CC)c(CNc2cnn(C)c2)c1Cl. The topological polar surface area (TPSA) is 47.7 Å². The Bertz CT molecular complexity index is 529. The molecule has 0 aromatic carbocycles. The Hall–Kier alpha value is -1.49. The number of hydrogen-bond acceptors (Lipinski definition) is 3. The molecule has 0 bridgehead atoms. The Balaban J connectivity index is 2.15. The molecule has 0 amide bonds. The highest BCUT2D eigenvalue weighted by atomic mass is 35.5. The zero-order chi connectivity index (χ0) is 13.1. The van der Waals surface area contributed by atoms with E-state index in [2.05, 4.69) is 29.4 Å². The summed E-state index contributed by atoms with van der Waals surface area (Å²) in [5, 5.41) is 12.7. The Morgan fingerprint density at radius 3 is 2.72 bits per heavy atom. The third kappa shape index (κ3) is 2.51. The molecule has 2 heterocycles. The molecular formula is C12H18ClN5. The molecular weight excluding hydrogens is 250 g/mol. The summed E-state index contributed by atoms with van der Waals surface area (Å²) in [6, 6.07) is 0. The molecule has 0 atom stereocenters. The summed E-state index contributed by atoms with van der Waals surface area (Å²) in [4.78, 5) is 0. The van der Waals surface area contributed by atoms with Crippen LogP contribution in [0.3, 0.4) is 0 Å². The smallest absolute Gasteiger partial charge is 0.0868 e. The van der Waals surface area contributed by atoms with Crippen LogP contribution < -0.4 is 5.32 Å². The van der Waals surface area contributed by atoms with E-state index in [1.807, 2.05) is 17.9 Å². The van der Waals surface area contributed by atoms with E-state index < -0.39 is 0 Å². The maximum Gasteiger partial charge on any atom is 0.0868 e. The zero-order valence-corrected chi connectivity index (χ0v) is 11.7. The van der Waals surface area contributed by atoms with Crippen molar-refractivity contribution in [3.63, 3.8) is 0 Å². The Labute approximate surface area is 112 Å². The van der Waals surface area contributed by atoms with Gasteiger partial charge < -0.3 is 5.32 Å². The molecule has 0 radical (unpaired) electrons. The highest BCUT2D eigenvalue weighted by Gasteiger charge is 2.13. The van der Waals surface area contributed by atoms with Gasteiger partial charge in [0.15, 0.2) is 0 Å². The largest absolute Gasteiger partial charge is 0.377 e. The lowest BCUT2D eigenvalue weighted by molar-refractivity contribution is 0.619. The number of aryl methyl sites for hydroxylation is 3. The van der Waals surface area contributed by atoms with Crippen LogP contribution in [0.2, 0.25) is 5.02 Å². The lowest BCUT2D eigenvalue weighted by Crippen LogP contribution is -2.08. The highest BCUT2D eigenvalue weighted by Crippen LogP contribution is 2.22. The summed E-state index contributed by atoms with van der Waals surface area (Å²) in [5.74, 6) is 0. The summed E-state index contributed by atoms with van der Waals surface area (Å²) in [6.45, 7) is 5.61. The molecule has 0 aliphatic rings. The molecule has 2 aromatic heterocycles. The molecule has 5 nitrogen and oxygen atoms in total. The summed E-state index contributed by atoms with van der Waals surface area (Å²) in [6.07, 6.45) is 4.58. The van der Waals surface area contributed by atoms with Gasteiger partial charge in [0.25, 0.3) is 0 Å². The van der Waals surface area contributed by atoms with E-state index >= 15 is 0 Å². The second-order valence-corrected chi connectivity index (χ2v) is 4.51. The fraction of sp³-hybridized carbons (Fsp3) is 0.500. The second kappa shape index (κ2) is 5.44. The third-order valence-corrected chi connectivity index (χ3v) is 3.30. The van der Waals surface area contributed by atoms with Crippen molar-refractivity contribution in [3.8, 4) is 0 Å². The highest BCUT2D eigenvalue weighted by molar-refractivity contribution is 6.31.